The lowest BCUT2D eigenvalue weighted by Gasteiger charge is -2.24. The van der Waals surface area contributed by atoms with Gasteiger partial charge in [-0.15, -0.1) is 0 Å². The molecule has 0 spiro atoms. The lowest BCUT2D eigenvalue weighted by atomic mass is 10.1. The summed E-state index contributed by atoms with van der Waals surface area (Å²) in [6.07, 6.45) is -0.497. The van der Waals surface area contributed by atoms with Gasteiger partial charge in [0.05, 0.1) is 19.7 Å². The summed E-state index contributed by atoms with van der Waals surface area (Å²) in [5.41, 5.74) is 1.22. The second-order valence-electron chi connectivity index (χ2n) is 4.07. The van der Waals surface area contributed by atoms with Crippen molar-refractivity contribution in [1.29, 1.82) is 0 Å². The van der Waals surface area contributed by atoms with E-state index in [1.54, 1.807) is 0 Å². The highest BCUT2D eigenvalue weighted by Gasteiger charge is 2.28. The molecule has 1 aliphatic heterocycles. The van der Waals surface area contributed by atoms with E-state index in [1.807, 2.05) is 11.9 Å². The van der Waals surface area contributed by atoms with Crippen LogP contribution in [-0.4, -0.2) is 37.7 Å². The van der Waals surface area contributed by atoms with Gasteiger partial charge in [0.1, 0.15) is 0 Å². The molecule has 1 atom stereocenters. The molecule has 2 rings (SSSR count). The summed E-state index contributed by atoms with van der Waals surface area (Å²) in [5, 5.41) is 2.62. The minimum absolute atomic E-state index is 0.147. The number of carbonyl (C=O) groups is 1. The first kappa shape index (κ1) is 14.8. The van der Waals surface area contributed by atoms with E-state index in [4.69, 9.17) is 0 Å². The van der Waals surface area contributed by atoms with Gasteiger partial charge < -0.3 is 9.64 Å². The summed E-state index contributed by atoms with van der Waals surface area (Å²) in [4.78, 5) is 17.6. The van der Waals surface area contributed by atoms with E-state index in [2.05, 4.69) is 78.4 Å². The number of alkyl carbamates (subject to hydrolysis) is 1. The Morgan fingerprint density at radius 3 is 2.95 bits per heavy atom. The lowest BCUT2D eigenvalue weighted by molar-refractivity contribution is 0.175. The van der Waals surface area contributed by atoms with Crippen molar-refractivity contribution in [3.8, 4) is 0 Å². The lowest BCUT2D eigenvalue weighted by Crippen LogP contribution is -2.40. The summed E-state index contributed by atoms with van der Waals surface area (Å²) in [5.74, 6) is 0.548. The zero-order chi connectivity index (χ0) is 14.0. The Bertz CT molecular complexity index is 534. The number of likely N-dealkylation sites (N-methyl/N-ethyl adjacent to an activating group) is 1. The summed E-state index contributed by atoms with van der Waals surface area (Å²) < 4.78 is 6.97. The summed E-state index contributed by atoms with van der Waals surface area (Å²) >= 11 is 4.62. The first-order chi connectivity index (χ1) is 9.02. The number of guanidine groups is 1. The quantitative estimate of drug-likeness (QED) is 0.623. The van der Waals surface area contributed by atoms with E-state index in [0.717, 1.165) is 0 Å². The van der Waals surface area contributed by atoms with E-state index >= 15 is 0 Å². The maximum Gasteiger partial charge on any atom is 0.413 e. The molecule has 0 aromatic heterocycles. The summed E-state index contributed by atoms with van der Waals surface area (Å²) in [6.45, 7) is 0.631. The minimum atomic E-state index is -0.497. The van der Waals surface area contributed by atoms with Crippen LogP contribution < -0.4 is 5.32 Å². The molecule has 102 valence electrons. The molecule has 1 aromatic rings. The number of rotatable bonds is 1. The van der Waals surface area contributed by atoms with Crippen LogP contribution in [0.4, 0.5) is 4.79 Å². The molecule has 0 radical (unpaired) electrons. The number of benzene rings is 1. The van der Waals surface area contributed by atoms with Crippen LogP contribution in [0, 0.1) is 7.14 Å². The molecule has 7 heteroatoms. The van der Waals surface area contributed by atoms with Gasteiger partial charge in [-0.1, -0.05) is 0 Å². The Hall–Kier alpha value is -0.580. The molecule has 0 bridgehead atoms. The van der Waals surface area contributed by atoms with E-state index in [-0.39, 0.29) is 6.04 Å². The van der Waals surface area contributed by atoms with Gasteiger partial charge in [0.25, 0.3) is 0 Å². The molecular weight excluding hydrogens is 472 g/mol. The van der Waals surface area contributed by atoms with Crippen molar-refractivity contribution in [3.63, 3.8) is 0 Å². The Morgan fingerprint density at radius 1 is 1.53 bits per heavy atom. The monoisotopic (exact) mass is 485 g/mol. The third-order valence-corrected chi connectivity index (χ3v) is 4.59. The largest absolute Gasteiger partial charge is 0.453 e. The number of halogens is 2. The van der Waals surface area contributed by atoms with Crippen LogP contribution in [0.15, 0.2) is 23.2 Å². The summed E-state index contributed by atoms with van der Waals surface area (Å²) in [7, 11) is 3.26. The Kier molecular flexibility index (Phi) is 4.87. The molecule has 0 aliphatic carbocycles. The fourth-order valence-electron chi connectivity index (χ4n) is 1.90. The third kappa shape index (κ3) is 3.30. The van der Waals surface area contributed by atoms with E-state index in [9.17, 15) is 4.79 Å². The maximum atomic E-state index is 11.2. The molecule has 19 heavy (non-hydrogen) atoms. The van der Waals surface area contributed by atoms with Crippen molar-refractivity contribution in [3.05, 3.63) is 30.9 Å². The van der Waals surface area contributed by atoms with Crippen LogP contribution in [0.3, 0.4) is 0 Å². The smallest absolute Gasteiger partial charge is 0.413 e. The van der Waals surface area contributed by atoms with E-state index in [0.29, 0.717) is 12.5 Å². The van der Waals surface area contributed by atoms with Crippen molar-refractivity contribution in [2.75, 3.05) is 20.7 Å². The van der Waals surface area contributed by atoms with Crippen LogP contribution in [-0.2, 0) is 4.74 Å². The van der Waals surface area contributed by atoms with Crippen LogP contribution in [0.25, 0.3) is 0 Å². The van der Waals surface area contributed by atoms with Gasteiger partial charge >= 0.3 is 6.09 Å². The first-order valence-corrected chi connectivity index (χ1v) is 7.76. The number of aliphatic imine (C=N–C) groups is 1. The van der Waals surface area contributed by atoms with Crippen molar-refractivity contribution in [2.24, 2.45) is 4.99 Å². The fourth-order valence-corrected chi connectivity index (χ4v) is 3.11. The number of methoxy groups -OCH3 is 1. The van der Waals surface area contributed by atoms with Gasteiger partial charge in [0, 0.05) is 14.2 Å². The molecule has 1 N–H and O–H groups in total. The molecular formula is C12H13I2N3O2. The Morgan fingerprint density at radius 2 is 2.26 bits per heavy atom. The highest BCUT2D eigenvalue weighted by atomic mass is 127. The van der Waals surface area contributed by atoms with Gasteiger partial charge in [-0.3, -0.25) is 10.3 Å². The molecule has 1 aliphatic rings. The van der Waals surface area contributed by atoms with Gasteiger partial charge in [0.2, 0.25) is 5.96 Å². The second kappa shape index (κ2) is 6.25. The predicted molar refractivity (Wildman–Crippen MR) is 90.2 cm³/mol. The van der Waals surface area contributed by atoms with Gasteiger partial charge in [-0.25, -0.2) is 4.79 Å². The van der Waals surface area contributed by atoms with Crippen molar-refractivity contribution in [2.45, 2.75) is 6.04 Å². The standard InChI is InChI=1S/C12H13I2N3O2/c1-17-10(6-15-11(17)16-12(18)19-2)8-5-7(13)3-4-9(8)14/h3-5,10H,6H2,1-2H3,(H,15,16,18). The molecule has 0 fully saturated rings. The van der Waals surface area contributed by atoms with Crippen LogP contribution in [0.1, 0.15) is 11.6 Å². The highest BCUT2D eigenvalue weighted by Crippen LogP contribution is 2.29. The normalized spacial score (nSPS) is 18.2. The van der Waals surface area contributed by atoms with Crippen molar-refractivity contribution in [1.82, 2.24) is 10.2 Å². The molecule has 0 saturated heterocycles. The van der Waals surface area contributed by atoms with Crippen molar-refractivity contribution < 1.29 is 9.53 Å². The van der Waals surface area contributed by atoms with Gasteiger partial charge in [-0.05, 0) is 68.9 Å². The van der Waals surface area contributed by atoms with Crippen LogP contribution in [0.5, 0.6) is 0 Å². The van der Waals surface area contributed by atoms with Gasteiger partial charge in [0.15, 0.2) is 0 Å². The first-order valence-electron chi connectivity index (χ1n) is 5.60. The predicted octanol–water partition coefficient (Wildman–Crippen LogP) is 2.59. The van der Waals surface area contributed by atoms with E-state index in [1.165, 1.54) is 19.8 Å². The summed E-state index contributed by atoms with van der Waals surface area (Å²) in [6, 6.07) is 6.47. The Balaban J connectivity index is 2.17. The molecule has 1 amide bonds. The number of carbonyl (C=O) groups excluding carboxylic acids is 1. The number of hydrogen-bond acceptors (Lipinski definition) is 4. The van der Waals surface area contributed by atoms with Gasteiger partial charge in [-0.2, -0.15) is 0 Å². The topological polar surface area (TPSA) is 53.9 Å². The number of nitrogens with one attached hydrogen (secondary N) is 1. The molecule has 1 heterocycles. The number of ether oxygens (including phenoxy) is 1. The highest BCUT2D eigenvalue weighted by molar-refractivity contribution is 14.1. The van der Waals surface area contributed by atoms with Crippen molar-refractivity contribution >= 4 is 57.2 Å². The average Bonchev–Trinajstić information content (AvgIpc) is 2.74. The molecule has 1 unspecified atom stereocenters. The Labute approximate surface area is 139 Å². The minimum Gasteiger partial charge on any atom is -0.453 e. The maximum absolute atomic E-state index is 11.2. The zero-order valence-corrected chi connectivity index (χ0v) is 14.8. The number of amides is 1. The molecule has 0 saturated carbocycles. The second-order valence-corrected chi connectivity index (χ2v) is 6.48. The molecule has 5 nitrogen and oxygen atoms in total. The van der Waals surface area contributed by atoms with Crippen LogP contribution in [0.2, 0.25) is 0 Å². The fraction of sp³-hybridized carbons (Fsp3) is 0.333. The molecule has 1 aromatic carbocycles. The van der Waals surface area contributed by atoms with E-state index < -0.39 is 6.09 Å². The zero-order valence-electron chi connectivity index (χ0n) is 10.5. The third-order valence-electron chi connectivity index (χ3n) is 2.93. The average molecular weight is 485 g/mol. The van der Waals surface area contributed by atoms with Crippen LogP contribution >= 0.6 is 45.2 Å². The number of nitrogens with zero attached hydrogens (tertiary/aromatic N) is 2. The number of hydrogen-bond donors (Lipinski definition) is 1. The SMILES string of the molecule is COC(=O)NC1=NCC(c2cc(I)ccc2I)N1C.